The lowest BCUT2D eigenvalue weighted by Crippen LogP contribution is -2.70. The van der Waals surface area contributed by atoms with Crippen LogP contribution in [-0.2, 0) is 30.9 Å². The van der Waals surface area contributed by atoms with Crippen molar-refractivity contribution in [3.05, 3.63) is 78.9 Å². The molecule has 2 aliphatic heterocycles. The van der Waals surface area contributed by atoms with Crippen LogP contribution in [0.4, 0.5) is 26.3 Å². The first-order valence-corrected chi connectivity index (χ1v) is 14.7. The highest BCUT2D eigenvalue weighted by Crippen LogP contribution is 2.53. The second kappa shape index (κ2) is 8.97. The van der Waals surface area contributed by atoms with Gasteiger partial charge in [0.05, 0.1) is 9.79 Å². The molecule has 5 rings (SSSR count). The van der Waals surface area contributed by atoms with Crippen molar-refractivity contribution in [1.29, 1.82) is 0 Å². The van der Waals surface area contributed by atoms with Crippen LogP contribution in [0.1, 0.15) is 0 Å². The Morgan fingerprint density at radius 2 is 1.00 bits per heavy atom. The third kappa shape index (κ3) is 4.10. The van der Waals surface area contributed by atoms with Crippen LogP contribution in [0.25, 0.3) is 0 Å². The molecule has 3 aromatic carbocycles. The second-order valence-corrected chi connectivity index (χ2v) is 14.1. The normalized spacial score (nSPS) is 22.3. The number of rotatable bonds is 1. The molecule has 0 spiro atoms. The minimum Gasteiger partial charge on any atom is -0.205 e. The summed E-state index contributed by atoms with van der Waals surface area (Å²) in [6, 6.07) is 28.4. The molecule has 0 aromatic heterocycles. The van der Waals surface area contributed by atoms with Gasteiger partial charge in [-0.1, -0.05) is 58.4 Å². The zero-order valence-electron chi connectivity index (χ0n) is 17.5. The molecule has 1 fully saturated rings. The van der Waals surface area contributed by atoms with E-state index in [0.717, 1.165) is 0 Å². The highest BCUT2D eigenvalue weighted by atomic mass is 32.3. The fraction of sp³-hybridized carbons (Fsp3) is 0.143. The smallest absolute Gasteiger partial charge is 0.205 e. The number of fused-ring (bicyclic) bond motifs is 2. The Hall–Kier alpha value is -2.20. The molecule has 0 aliphatic carbocycles. The van der Waals surface area contributed by atoms with Crippen LogP contribution in [-0.4, -0.2) is 33.3 Å². The van der Waals surface area contributed by atoms with E-state index in [-0.39, 0.29) is 15.0 Å². The molecule has 0 saturated carbocycles. The summed E-state index contributed by atoms with van der Waals surface area (Å²) in [6.07, 6.45) is 0. The fourth-order valence-corrected chi connectivity index (χ4v) is 9.96. The fourth-order valence-electron chi connectivity index (χ4n) is 3.21. The lowest BCUT2D eigenvalue weighted by Gasteiger charge is -2.35. The first kappa shape index (κ1) is 26.9. The first-order valence-electron chi connectivity index (χ1n) is 9.70. The van der Waals surface area contributed by atoms with Crippen molar-refractivity contribution in [3.63, 3.8) is 0 Å². The Morgan fingerprint density at radius 3 is 1.44 bits per heavy atom. The van der Waals surface area contributed by atoms with E-state index in [1.807, 2.05) is 11.8 Å². The lowest BCUT2D eigenvalue weighted by molar-refractivity contribution is -0.246. The minimum atomic E-state index is -6.57. The van der Waals surface area contributed by atoms with Crippen LogP contribution >= 0.6 is 11.8 Å². The van der Waals surface area contributed by atoms with E-state index >= 15 is 0 Å². The van der Waals surface area contributed by atoms with E-state index in [9.17, 15) is 43.2 Å². The van der Waals surface area contributed by atoms with Gasteiger partial charge in [0, 0.05) is 0 Å². The van der Waals surface area contributed by atoms with Crippen molar-refractivity contribution in [1.82, 2.24) is 4.13 Å². The van der Waals surface area contributed by atoms with Crippen molar-refractivity contribution in [2.75, 3.05) is 0 Å². The number of halogens is 6. The van der Waals surface area contributed by atoms with Gasteiger partial charge in [-0.05, 0) is 36.4 Å². The highest BCUT2D eigenvalue weighted by Gasteiger charge is 2.86. The topological polar surface area (TPSA) is 80.3 Å². The number of benzene rings is 3. The Labute approximate surface area is 209 Å². The molecule has 36 heavy (non-hydrogen) atoms. The summed E-state index contributed by atoms with van der Waals surface area (Å²) in [5, 5.41) is -12.5. The highest BCUT2D eigenvalue weighted by molar-refractivity contribution is 8.06. The average Bonchev–Trinajstić information content (AvgIpc) is 2.81. The molecule has 3 aromatic rings. The Morgan fingerprint density at radius 1 is 0.611 bits per heavy atom. The van der Waals surface area contributed by atoms with E-state index in [0.29, 0.717) is 0 Å². The third-order valence-electron chi connectivity index (χ3n) is 4.96. The molecule has 1 N–H and O–H groups in total. The SMILES string of the molecule is O=S1(=O)NS(=O)(=O)C(F)(F)C(F)(F)C1(F)F.c1ccc([S+]2c3ccccc3Sc3ccccc32)cc1. The molecular weight excluding hydrogens is 572 g/mol. The maximum absolute atomic E-state index is 12.5. The zero-order valence-corrected chi connectivity index (χ0v) is 20.8. The predicted octanol–water partition coefficient (Wildman–Crippen LogP) is 5.32. The van der Waals surface area contributed by atoms with Gasteiger partial charge in [0.1, 0.15) is 10.9 Å². The number of nitrogens with one attached hydrogen (secondary N) is 1. The monoisotopic (exact) mass is 586 g/mol. The summed E-state index contributed by atoms with van der Waals surface area (Å²) in [5.41, 5.74) is 0. The summed E-state index contributed by atoms with van der Waals surface area (Å²) < 4.78 is 116. The standard InChI is InChI=1S/C18H13S2.C3HF6NO4S2/c1-2-8-14(9-3-1)20-17-12-6-4-10-15(17)19-16-11-5-7-13-18(16)20;4-1(5)2(6,7)15(11,12)10-16(13,14)3(1,8)9/h1-13H;10H/q+1;. The average molecular weight is 587 g/mol. The molecule has 1 saturated heterocycles. The van der Waals surface area contributed by atoms with Crippen molar-refractivity contribution in [3.8, 4) is 0 Å². The molecule has 5 nitrogen and oxygen atoms in total. The van der Waals surface area contributed by atoms with Crippen molar-refractivity contribution >= 4 is 42.7 Å². The second-order valence-electron chi connectivity index (χ2n) is 7.31. The van der Waals surface area contributed by atoms with Gasteiger partial charge in [-0.25, -0.2) is 16.8 Å². The molecule has 0 bridgehead atoms. The quantitative estimate of drug-likeness (QED) is 0.241. The minimum absolute atomic E-state index is 0.0212. The van der Waals surface area contributed by atoms with E-state index in [2.05, 4.69) is 78.9 Å². The van der Waals surface area contributed by atoms with E-state index in [4.69, 9.17) is 0 Å². The third-order valence-corrected chi connectivity index (χ3v) is 12.3. The molecule has 192 valence electrons. The molecule has 2 heterocycles. The van der Waals surface area contributed by atoms with Gasteiger partial charge in [0.2, 0.25) is 0 Å². The molecule has 0 radical (unpaired) electrons. The van der Waals surface area contributed by atoms with Crippen LogP contribution in [0.15, 0.2) is 103 Å². The Balaban J connectivity index is 0.000000175. The van der Waals surface area contributed by atoms with Gasteiger partial charge in [0.15, 0.2) is 14.7 Å². The van der Waals surface area contributed by atoms with Gasteiger partial charge in [0.25, 0.3) is 20.0 Å². The lowest BCUT2D eigenvalue weighted by atomic mass is 10.3. The number of sulfonamides is 2. The predicted molar refractivity (Wildman–Crippen MR) is 121 cm³/mol. The molecule has 0 unspecified atom stereocenters. The van der Waals surface area contributed by atoms with Crippen molar-refractivity contribution in [2.24, 2.45) is 0 Å². The van der Waals surface area contributed by atoms with Crippen LogP contribution in [0, 0.1) is 0 Å². The van der Waals surface area contributed by atoms with E-state index in [1.165, 1.54) is 24.5 Å². The van der Waals surface area contributed by atoms with Crippen LogP contribution < -0.4 is 4.13 Å². The van der Waals surface area contributed by atoms with E-state index in [1.54, 1.807) is 0 Å². The molecule has 0 atom stereocenters. The van der Waals surface area contributed by atoms with Gasteiger partial charge in [-0.3, -0.25) is 0 Å². The number of hydrogen-bond donors (Lipinski definition) is 1. The summed E-state index contributed by atoms with van der Waals surface area (Å²) in [5.74, 6) is -6.57. The van der Waals surface area contributed by atoms with Crippen molar-refractivity contribution < 1.29 is 43.2 Å². The van der Waals surface area contributed by atoms with Gasteiger partial charge in [-0.15, -0.1) is 0 Å². The van der Waals surface area contributed by atoms with Gasteiger partial charge < -0.3 is 0 Å². The number of alkyl halides is 6. The van der Waals surface area contributed by atoms with Crippen LogP contribution in [0.2, 0.25) is 0 Å². The van der Waals surface area contributed by atoms with Gasteiger partial charge >= 0.3 is 16.4 Å². The number of hydrogen-bond acceptors (Lipinski definition) is 5. The Kier molecular flexibility index (Phi) is 6.69. The Bertz CT molecular complexity index is 1420. The van der Waals surface area contributed by atoms with Crippen LogP contribution in [0.3, 0.4) is 0 Å². The molecule has 0 amide bonds. The maximum atomic E-state index is 12.5. The first-order chi connectivity index (χ1) is 16.6. The van der Waals surface area contributed by atoms with Gasteiger partial charge in [-0.2, -0.15) is 26.3 Å². The van der Waals surface area contributed by atoms with E-state index < -0.39 is 36.5 Å². The molecule has 15 heteroatoms. The maximum Gasteiger partial charge on any atom is 0.429 e. The molecular formula is C21H14F6NO4S4+. The summed E-state index contributed by atoms with van der Waals surface area (Å²) in [7, 11) is -12.9. The summed E-state index contributed by atoms with van der Waals surface area (Å²) in [4.78, 5) is 7.06. The largest absolute Gasteiger partial charge is 0.429 e. The summed E-state index contributed by atoms with van der Waals surface area (Å²) in [6.45, 7) is 0. The van der Waals surface area contributed by atoms with Crippen LogP contribution in [0.5, 0.6) is 0 Å². The molecule has 2 aliphatic rings. The van der Waals surface area contributed by atoms with Crippen molar-refractivity contribution in [2.45, 2.75) is 40.9 Å². The zero-order chi connectivity index (χ0) is 26.6. The summed E-state index contributed by atoms with van der Waals surface area (Å²) >= 11 is 1.89.